The number of rotatable bonds is 10. The van der Waals surface area contributed by atoms with E-state index in [1.807, 2.05) is 0 Å². The molecule has 3 heteroatoms. The predicted molar refractivity (Wildman–Crippen MR) is 107 cm³/mol. The SMILES string of the molecule is CCCC1(CCC)CCC2(CCN(CCCN(CC)CC)C2)CC1=O. The topological polar surface area (TPSA) is 23.6 Å². The van der Waals surface area contributed by atoms with E-state index in [1.165, 1.54) is 45.4 Å². The van der Waals surface area contributed by atoms with Crippen molar-refractivity contribution in [3.8, 4) is 0 Å². The molecule has 146 valence electrons. The van der Waals surface area contributed by atoms with Crippen LogP contribution in [-0.4, -0.2) is 54.9 Å². The summed E-state index contributed by atoms with van der Waals surface area (Å²) in [4.78, 5) is 18.3. The quantitative estimate of drug-likeness (QED) is 0.568. The molecule has 1 aliphatic carbocycles. The Kier molecular flexibility index (Phi) is 7.94. The Labute approximate surface area is 156 Å². The molecule has 1 saturated carbocycles. The van der Waals surface area contributed by atoms with Crippen LogP contribution >= 0.6 is 0 Å². The first-order chi connectivity index (χ1) is 12.0. The maximum absolute atomic E-state index is 13.1. The summed E-state index contributed by atoms with van der Waals surface area (Å²) in [5, 5.41) is 0. The number of Topliss-reactive ketones (excluding diaryl/α,β-unsaturated/α-hetero) is 1. The molecule has 1 saturated heterocycles. The third-order valence-corrected chi connectivity index (χ3v) is 7.08. The van der Waals surface area contributed by atoms with Crippen molar-refractivity contribution in [2.24, 2.45) is 10.8 Å². The van der Waals surface area contributed by atoms with Gasteiger partial charge in [0.25, 0.3) is 0 Å². The van der Waals surface area contributed by atoms with Crippen LogP contribution in [0, 0.1) is 10.8 Å². The van der Waals surface area contributed by atoms with E-state index in [0.717, 1.165) is 51.6 Å². The first-order valence-electron chi connectivity index (χ1n) is 11.0. The van der Waals surface area contributed by atoms with E-state index in [0.29, 0.717) is 11.2 Å². The Morgan fingerprint density at radius 3 is 2.24 bits per heavy atom. The number of ketones is 1. The highest BCUT2D eigenvalue weighted by atomic mass is 16.1. The molecule has 0 radical (unpaired) electrons. The number of nitrogens with zero attached hydrogens (tertiary/aromatic N) is 2. The Hall–Kier alpha value is -0.410. The Bertz CT molecular complexity index is 412. The van der Waals surface area contributed by atoms with Crippen LogP contribution in [0.2, 0.25) is 0 Å². The molecule has 1 heterocycles. The van der Waals surface area contributed by atoms with E-state index in [2.05, 4.69) is 37.5 Å². The van der Waals surface area contributed by atoms with Crippen molar-refractivity contribution in [2.45, 2.75) is 85.5 Å². The van der Waals surface area contributed by atoms with Crippen LogP contribution in [0.4, 0.5) is 0 Å². The van der Waals surface area contributed by atoms with Crippen LogP contribution in [0.15, 0.2) is 0 Å². The minimum Gasteiger partial charge on any atom is -0.304 e. The fourth-order valence-electron chi connectivity index (χ4n) is 5.50. The highest BCUT2D eigenvalue weighted by Gasteiger charge is 2.49. The predicted octanol–water partition coefficient (Wildman–Crippen LogP) is 4.75. The number of carbonyl (C=O) groups excluding carboxylic acids is 1. The van der Waals surface area contributed by atoms with Gasteiger partial charge in [-0.05, 0) is 76.7 Å². The second-order valence-corrected chi connectivity index (χ2v) is 8.79. The lowest BCUT2D eigenvalue weighted by atomic mass is 9.59. The smallest absolute Gasteiger partial charge is 0.139 e. The largest absolute Gasteiger partial charge is 0.304 e. The molecule has 25 heavy (non-hydrogen) atoms. The summed E-state index contributed by atoms with van der Waals surface area (Å²) in [5.41, 5.74) is 0.349. The zero-order chi connectivity index (χ0) is 18.3. The van der Waals surface area contributed by atoms with Gasteiger partial charge in [0.2, 0.25) is 0 Å². The summed E-state index contributed by atoms with van der Waals surface area (Å²) in [7, 11) is 0. The minimum absolute atomic E-state index is 0.0327. The van der Waals surface area contributed by atoms with Gasteiger partial charge in [0.1, 0.15) is 5.78 Å². The molecule has 0 aromatic rings. The lowest BCUT2D eigenvalue weighted by Crippen LogP contribution is -2.43. The van der Waals surface area contributed by atoms with Gasteiger partial charge in [-0.2, -0.15) is 0 Å². The lowest BCUT2D eigenvalue weighted by Gasteiger charge is -2.44. The molecule has 0 bridgehead atoms. The average Bonchev–Trinajstić information content (AvgIpc) is 2.99. The van der Waals surface area contributed by atoms with Crippen LogP contribution in [0.1, 0.15) is 85.5 Å². The Morgan fingerprint density at radius 2 is 1.68 bits per heavy atom. The monoisotopic (exact) mass is 350 g/mol. The van der Waals surface area contributed by atoms with Gasteiger partial charge in [0, 0.05) is 18.4 Å². The lowest BCUT2D eigenvalue weighted by molar-refractivity contribution is -0.137. The van der Waals surface area contributed by atoms with Crippen molar-refractivity contribution in [3.63, 3.8) is 0 Å². The number of carbonyl (C=O) groups is 1. The standard InChI is InChI=1S/C22H42N2O/c1-5-10-22(11-6-2)13-12-21(18-20(22)25)14-17-24(19-21)16-9-15-23(7-3)8-4/h5-19H2,1-4H3. The molecule has 0 aromatic carbocycles. The van der Waals surface area contributed by atoms with Crippen molar-refractivity contribution in [1.82, 2.24) is 9.80 Å². The molecule has 0 amide bonds. The van der Waals surface area contributed by atoms with Gasteiger partial charge in [0.15, 0.2) is 0 Å². The third-order valence-electron chi connectivity index (χ3n) is 7.08. The highest BCUT2D eigenvalue weighted by Crippen LogP contribution is 2.51. The normalized spacial score (nSPS) is 26.8. The fraction of sp³-hybridized carbons (Fsp3) is 0.955. The molecule has 1 spiro atoms. The van der Waals surface area contributed by atoms with E-state index in [4.69, 9.17) is 0 Å². The van der Waals surface area contributed by atoms with E-state index in [1.54, 1.807) is 0 Å². The van der Waals surface area contributed by atoms with Gasteiger partial charge in [-0.15, -0.1) is 0 Å². The average molecular weight is 351 g/mol. The number of hydrogen-bond donors (Lipinski definition) is 0. The van der Waals surface area contributed by atoms with E-state index < -0.39 is 0 Å². The molecule has 1 atom stereocenters. The summed E-state index contributed by atoms with van der Waals surface area (Å²) in [6.45, 7) is 16.1. The van der Waals surface area contributed by atoms with Gasteiger partial charge in [-0.1, -0.05) is 40.5 Å². The van der Waals surface area contributed by atoms with E-state index in [9.17, 15) is 4.79 Å². The van der Waals surface area contributed by atoms with E-state index in [-0.39, 0.29) is 5.41 Å². The van der Waals surface area contributed by atoms with Gasteiger partial charge < -0.3 is 9.80 Å². The summed E-state index contributed by atoms with van der Waals surface area (Å²) < 4.78 is 0. The molecule has 2 rings (SSSR count). The zero-order valence-electron chi connectivity index (χ0n) is 17.4. The van der Waals surface area contributed by atoms with Crippen LogP contribution < -0.4 is 0 Å². The van der Waals surface area contributed by atoms with Crippen LogP contribution in [0.25, 0.3) is 0 Å². The summed E-state index contributed by atoms with van der Waals surface area (Å²) in [5.74, 6) is 0.604. The second kappa shape index (κ2) is 9.50. The fourth-order valence-corrected chi connectivity index (χ4v) is 5.50. The van der Waals surface area contributed by atoms with Crippen LogP contribution in [0.5, 0.6) is 0 Å². The van der Waals surface area contributed by atoms with Crippen LogP contribution in [-0.2, 0) is 4.79 Å². The molecule has 2 aliphatic rings. The Morgan fingerprint density at radius 1 is 1.00 bits per heavy atom. The van der Waals surface area contributed by atoms with E-state index >= 15 is 0 Å². The number of hydrogen-bond acceptors (Lipinski definition) is 3. The molecule has 1 aliphatic heterocycles. The van der Waals surface area contributed by atoms with Gasteiger partial charge in [0.05, 0.1) is 0 Å². The maximum atomic E-state index is 13.1. The van der Waals surface area contributed by atoms with Crippen molar-refractivity contribution in [2.75, 3.05) is 39.3 Å². The number of likely N-dealkylation sites (tertiary alicyclic amines) is 1. The molecule has 2 fully saturated rings. The minimum atomic E-state index is 0.0327. The van der Waals surface area contributed by atoms with Crippen molar-refractivity contribution in [3.05, 3.63) is 0 Å². The second-order valence-electron chi connectivity index (χ2n) is 8.79. The molecule has 3 nitrogen and oxygen atoms in total. The summed E-state index contributed by atoms with van der Waals surface area (Å²) in [6.07, 6.45) is 10.3. The molecular formula is C22H42N2O. The van der Waals surface area contributed by atoms with Crippen molar-refractivity contribution < 1.29 is 4.79 Å². The molecule has 0 aromatic heterocycles. The van der Waals surface area contributed by atoms with Gasteiger partial charge >= 0.3 is 0 Å². The molecule has 1 unspecified atom stereocenters. The molecular weight excluding hydrogens is 308 g/mol. The van der Waals surface area contributed by atoms with Gasteiger partial charge in [-0.25, -0.2) is 0 Å². The first-order valence-corrected chi connectivity index (χ1v) is 11.0. The Balaban J connectivity index is 1.85. The van der Waals surface area contributed by atoms with Gasteiger partial charge in [-0.3, -0.25) is 4.79 Å². The zero-order valence-corrected chi connectivity index (χ0v) is 17.4. The first kappa shape index (κ1) is 20.9. The summed E-state index contributed by atoms with van der Waals surface area (Å²) >= 11 is 0. The maximum Gasteiger partial charge on any atom is 0.139 e. The highest BCUT2D eigenvalue weighted by molar-refractivity contribution is 5.86. The van der Waals surface area contributed by atoms with Crippen molar-refractivity contribution >= 4 is 5.78 Å². The summed E-state index contributed by atoms with van der Waals surface area (Å²) in [6, 6.07) is 0. The third kappa shape index (κ3) is 5.07. The van der Waals surface area contributed by atoms with Crippen LogP contribution in [0.3, 0.4) is 0 Å². The molecule has 0 N–H and O–H groups in total. The van der Waals surface area contributed by atoms with Crippen molar-refractivity contribution in [1.29, 1.82) is 0 Å².